The Kier molecular flexibility index (Phi) is 6.09. The molecule has 0 radical (unpaired) electrons. The zero-order valence-electron chi connectivity index (χ0n) is 13.5. The van der Waals surface area contributed by atoms with E-state index in [0.717, 1.165) is 18.4 Å². The van der Waals surface area contributed by atoms with Crippen LogP contribution in [0.15, 0.2) is 24.3 Å². The lowest BCUT2D eigenvalue weighted by atomic mass is 9.84. The second-order valence-corrected chi connectivity index (χ2v) is 6.32. The number of aryl methyl sites for hydroxylation is 1. The van der Waals surface area contributed by atoms with Crippen molar-refractivity contribution in [3.05, 3.63) is 35.4 Å². The molecule has 2 atom stereocenters. The van der Waals surface area contributed by atoms with E-state index in [1.165, 1.54) is 38.5 Å². The molecule has 0 aromatic heterocycles. The van der Waals surface area contributed by atoms with Crippen LogP contribution in [0.1, 0.15) is 69.9 Å². The number of fused-ring (bicyclic) bond motifs is 1. The molecule has 20 heavy (non-hydrogen) atoms. The van der Waals surface area contributed by atoms with Gasteiger partial charge in [0.2, 0.25) is 0 Å². The molecular formula is C19H31N. The molecule has 1 N–H and O–H groups in total. The minimum Gasteiger partial charge on any atom is -0.313 e. The summed E-state index contributed by atoms with van der Waals surface area (Å²) in [5.74, 6) is 1.61. The van der Waals surface area contributed by atoms with Crippen molar-refractivity contribution < 1.29 is 0 Å². The zero-order chi connectivity index (χ0) is 14.4. The van der Waals surface area contributed by atoms with Crippen molar-refractivity contribution in [2.24, 2.45) is 5.92 Å². The van der Waals surface area contributed by atoms with Crippen LogP contribution in [0.25, 0.3) is 0 Å². The highest BCUT2D eigenvalue weighted by Crippen LogP contribution is 2.37. The molecule has 1 aromatic carbocycles. The van der Waals surface area contributed by atoms with Gasteiger partial charge in [-0.1, -0.05) is 57.9 Å². The van der Waals surface area contributed by atoms with Gasteiger partial charge in [-0.15, -0.1) is 0 Å². The Labute approximate surface area is 125 Å². The van der Waals surface area contributed by atoms with Crippen molar-refractivity contribution in [3.63, 3.8) is 0 Å². The fourth-order valence-corrected chi connectivity index (χ4v) is 3.71. The van der Waals surface area contributed by atoms with Crippen LogP contribution in [0.5, 0.6) is 0 Å². The highest BCUT2D eigenvalue weighted by atomic mass is 14.9. The van der Waals surface area contributed by atoms with Crippen LogP contribution >= 0.6 is 0 Å². The van der Waals surface area contributed by atoms with E-state index >= 15 is 0 Å². The first-order valence-electron chi connectivity index (χ1n) is 8.61. The summed E-state index contributed by atoms with van der Waals surface area (Å²) in [5.41, 5.74) is 3.21. The number of hydrogen-bond acceptors (Lipinski definition) is 1. The van der Waals surface area contributed by atoms with Crippen molar-refractivity contribution in [2.75, 3.05) is 6.54 Å². The Hall–Kier alpha value is -0.820. The van der Waals surface area contributed by atoms with Gasteiger partial charge in [-0.3, -0.25) is 0 Å². The van der Waals surface area contributed by atoms with Gasteiger partial charge < -0.3 is 5.32 Å². The van der Waals surface area contributed by atoms with Crippen LogP contribution in [0, 0.1) is 5.92 Å². The van der Waals surface area contributed by atoms with E-state index in [-0.39, 0.29) is 0 Å². The normalized spacial score (nSPS) is 19.3. The summed E-state index contributed by atoms with van der Waals surface area (Å²) in [6.07, 6.45) is 7.80. The molecule has 1 aliphatic carbocycles. The summed E-state index contributed by atoms with van der Waals surface area (Å²) < 4.78 is 0. The highest BCUT2D eigenvalue weighted by Gasteiger charge is 2.30. The van der Waals surface area contributed by atoms with E-state index in [2.05, 4.69) is 50.4 Å². The van der Waals surface area contributed by atoms with Crippen molar-refractivity contribution in [2.45, 2.75) is 71.3 Å². The second kappa shape index (κ2) is 7.83. The van der Waals surface area contributed by atoms with Gasteiger partial charge in [-0.25, -0.2) is 0 Å². The molecule has 0 spiro atoms. The van der Waals surface area contributed by atoms with Crippen molar-refractivity contribution in [1.29, 1.82) is 0 Å². The first-order chi connectivity index (χ1) is 9.80. The van der Waals surface area contributed by atoms with Crippen molar-refractivity contribution in [3.8, 4) is 0 Å². The van der Waals surface area contributed by atoms with E-state index in [4.69, 9.17) is 0 Å². The van der Waals surface area contributed by atoms with Crippen LogP contribution in [0.4, 0.5) is 0 Å². The minimum absolute atomic E-state index is 0.670. The van der Waals surface area contributed by atoms with Crippen LogP contribution < -0.4 is 5.32 Å². The molecule has 0 amide bonds. The molecule has 2 rings (SSSR count). The maximum Gasteiger partial charge on any atom is 0.0139 e. The fraction of sp³-hybridized carbons (Fsp3) is 0.684. The molecule has 2 unspecified atom stereocenters. The smallest absolute Gasteiger partial charge is 0.0139 e. The summed E-state index contributed by atoms with van der Waals surface area (Å²) >= 11 is 0. The number of benzene rings is 1. The Bertz CT molecular complexity index is 395. The van der Waals surface area contributed by atoms with Gasteiger partial charge in [0.15, 0.2) is 0 Å². The maximum atomic E-state index is 3.85. The van der Waals surface area contributed by atoms with Gasteiger partial charge in [0.05, 0.1) is 0 Å². The van der Waals surface area contributed by atoms with Gasteiger partial charge >= 0.3 is 0 Å². The standard InChI is InChI=1S/C19H31N/c1-4-13-20-19(14-15(5-2)6-3)18-12-11-16-9-7-8-10-17(16)18/h7-10,15,18-20H,4-6,11-14H2,1-3H3. The van der Waals surface area contributed by atoms with Gasteiger partial charge in [0, 0.05) is 6.04 Å². The zero-order valence-corrected chi connectivity index (χ0v) is 13.5. The third-order valence-electron chi connectivity index (χ3n) is 5.06. The molecule has 0 fully saturated rings. The molecule has 1 heteroatoms. The second-order valence-electron chi connectivity index (χ2n) is 6.32. The quantitative estimate of drug-likeness (QED) is 0.709. The van der Waals surface area contributed by atoms with Gasteiger partial charge in [-0.05, 0) is 55.2 Å². The van der Waals surface area contributed by atoms with Crippen LogP contribution in [-0.4, -0.2) is 12.6 Å². The largest absolute Gasteiger partial charge is 0.313 e. The van der Waals surface area contributed by atoms with E-state index in [0.29, 0.717) is 6.04 Å². The predicted octanol–water partition coefficient (Wildman–Crippen LogP) is 4.91. The molecule has 1 nitrogen and oxygen atoms in total. The number of hydrogen-bond donors (Lipinski definition) is 1. The maximum absolute atomic E-state index is 3.85. The molecule has 1 aromatic rings. The van der Waals surface area contributed by atoms with Crippen molar-refractivity contribution in [1.82, 2.24) is 5.32 Å². The van der Waals surface area contributed by atoms with Crippen LogP contribution in [0.2, 0.25) is 0 Å². The summed E-state index contributed by atoms with van der Waals surface area (Å²) in [6.45, 7) is 8.11. The Morgan fingerprint density at radius 2 is 1.90 bits per heavy atom. The first kappa shape index (κ1) is 15.6. The summed E-state index contributed by atoms with van der Waals surface area (Å²) in [6, 6.07) is 9.76. The lowest BCUT2D eigenvalue weighted by molar-refractivity contribution is 0.326. The van der Waals surface area contributed by atoms with E-state index < -0.39 is 0 Å². The van der Waals surface area contributed by atoms with Gasteiger partial charge in [0.25, 0.3) is 0 Å². The molecule has 0 heterocycles. The number of nitrogens with one attached hydrogen (secondary N) is 1. The molecule has 0 saturated carbocycles. The molecule has 112 valence electrons. The van der Waals surface area contributed by atoms with Crippen LogP contribution in [-0.2, 0) is 6.42 Å². The van der Waals surface area contributed by atoms with E-state index in [1.54, 1.807) is 11.1 Å². The number of rotatable bonds is 8. The van der Waals surface area contributed by atoms with Crippen LogP contribution in [0.3, 0.4) is 0 Å². The van der Waals surface area contributed by atoms with Gasteiger partial charge in [-0.2, -0.15) is 0 Å². The monoisotopic (exact) mass is 273 g/mol. The van der Waals surface area contributed by atoms with E-state index in [1.807, 2.05) is 0 Å². The predicted molar refractivity (Wildman–Crippen MR) is 88.3 cm³/mol. The topological polar surface area (TPSA) is 12.0 Å². The Morgan fingerprint density at radius 3 is 2.60 bits per heavy atom. The highest BCUT2D eigenvalue weighted by molar-refractivity contribution is 5.36. The summed E-state index contributed by atoms with van der Waals surface area (Å²) in [7, 11) is 0. The first-order valence-corrected chi connectivity index (χ1v) is 8.61. The molecule has 1 aliphatic rings. The lowest BCUT2D eigenvalue weighted by Gasteiger charge is -2.29. The third-order valence-corrected chi connectivity index (χ3v) is 5.06. The Morgan fingerprint density at radius 1 is 1.15 bits per heavy atom. The SMILES string of the molecule is CCCNC(CC(CC)CC)C1CCc2ccccc21. The third kappa shape index (κ3) is 3.63. The molecular weight excluding hydrogens is 242 g/mol. The molecule has 0 saturated heterocycles. The van der Waals surface area contributed by atoms with Crippen molar-refractivity contribution >= 4 is 0 Å². The van der Waals surface area contributed by atoms with E-state index in [9.17, 15) is 0 Å². The molecule has 0 aliphatic heterocycles. The Balaban J connectivity index is 2.10. The summed E-state index contributed by atoms with van der Waals surface area (Å²) in [4.78, 5) is 0. The fourth-order valence-electron chi connectivity index (χ4n) is 3.71. The summed E-state index contributed by atoms with van der Waals surface area (Å²) in [5, 5.41) is 3.85. The average Bonchev–Trinajstić information content (AvgIpc) is 2.92. The lowest BCUT2D eigenvalue weighted by Crippen LogP contribution is -2.36. The van der Waals surface area contributed by atoms with Gasteiger partial charge in [0.1, 0.15) is 0 Å². The molecule has 0 bridgehead atoms. The minimum atomic E-state index is 0.670. The average molecular weight is 273 g/mol.